The van der Waals surface area contributed by atoms with Crippen LogP contribution in [0.1, 0.15) is 16.3 Å². The van der Waals surface area contributed by atoms with Gasteiger partial charge in [-0.3, -0.25) is 9.89 Å². The van der Waals surface area contributed by atoms with Crippen LogP contribution in [0.15, 0.2) is 22.5 Å². The SMILES string of the molecule is CN=C(NCCc1ccc(-c2csc(C)n2)s1)NC1CCN(CC(F)(F)F)C1.I. The highest BCUT2D eigenvalue weighted by Gasteiger charge is 2.34. The Morgan fingerprint density at radius 2 is 2.17 bits per heavy atom. The molecule has 1 unspecified atom stereocenters. The van der Waals surface area contributed by atoms with Crippen LogP contribution in [0.5, 0.6) is 0 Å². The number of rotatable bonds is 6. The van der Waals surface area contributed by atoms with Gasteiger partial charge in [-0.25, -0.2) is 4.98 Å². The minimum Gasteiger partial charge on any atom is -0.356 e. The molecule has 162 valence electrons. The smallest absolute Gasteiger partial charge is 0.356 e. The van der Waals surface area contributed by atoms with Crippen molar-refractivity contribution in [3.8, 4) is 10.6 Å². The van der Waals surface area contributed by atoms with Crippen molar-refractivity contribution >= 4 is 52.6 Å². The Morgan fingerprint density at radius 3 is 2.83 bits per heavy atom. The van der Waals surface area contributed by atoms with Crippen molar-refractivity contribution in [2.24, 2.45) is 4.99 Å². The average molecular weight is 559 g/mol. The molecular weight excluding hydrogens is 534 g/mol. The highest BCUT2D eigenvalue weighted by Crippen LogP contribution is 2.29. The van der Waals surface area contributed by atoms with E-state index >= 15 is 0 Å². The molecule has 2 aromatic heterocycles. The fourth-order valence-electron chi connectivity index (χ4n) is 3.17. The van der Waals surface area contributed by atoms with E-state index in [4.69, 9.17) is 0 Å². The average Bonchev–Trinajstić information content (AvgIpc) is 3.34. The summed E-state index contributed by atoms with van der Waals surface area (Å²) >= 11 is 3.37. The van der Waals surface area contributed by atoms with Crippen LogP contribution in [-0.2, 0) is 6.42 Å². The van der Waals surface area contributed by atoms with E-state index in [0.29, 0.717) is 32.0 Å². The number of nitrogens with zero attached hydrogens (tertiary/aromatic N) is 3. The van der Waals surface area contributed by atoms with E-state index in [2.05, 4.69) is 38.1 Å². The Labute approximate surface area is 193 Å². The number of aromatic nitrogens is 1. The molecule has 11 heteroatoms. The van der Waals surface area contributed by atoms with Crippen LogP contribution >= 0.6 is 46.7 Å². The molecule has 1 aliphatic rings. The van der Waals surface area contributed by atoms with Gasteiger partial charge in [0.25, 0.3) is 0 Å². The number of alkyl halides is 3. The quantitative estimate of drug-likeness (QED) is 0.318. The van der Waals surface area contributed by atoms with Gasteiger partial charge in [0, 0.05) is 43.0 Å². The lowest BCUT2D eigenvalue weighted by Gasteiger charge is -2.19. The highest BCUT2D eigenvalue weighted by molar-refractivity contribution is 14.0. The summed E-state index contributed by atoms with van der Waals surface area (Å²) in [7, 11) is 1.67. The van der Waals surface area contributed by atoms with Crippen molar-refractivity contribution in [2.75, 3.05) is 33.2 Å². The summed E-state index contributed by atoms with van der Waals surface area (Å²) in [4.78, 5) is 12.5. The maximum Gasteiger partial charge on any atom is 0.401 e. The first-order chi connectivity index (χ1) is 13.3. The van der Waals surface area contributed by atoms with E-state index in [1.807, 2.05) is 6.92 Å². The van der Waals surface area contributed by atoms with Crippen LogP contribution in [0.25, 0.3) is 10.6 Å². The summed E-state index contributed by atoms with van der Waals surface area (Å²) in [6, 6.07) is 4.18. The molecule has 1 atom stereocenters. The van der Waals surface area contributed by atoms with Crippen molar-refractivity contribution in [1.29, 1.82) is 0 Å². The summed E-state index contributed by atoms with van der Waals surface area (Å²) in [5.74, 6) is 0.630. The Bertz CT molecular complexity index is 806. The number of hydrogen-bond donors (Lipinski definition) is 2. The van der Waals surface area contributed by atoms with Gasteiger partial charge in [0.1, 0.15) is 0 Å². The van der Waals surface area contributed by atoms with Gasteiger partial charge in [-0.2, -0.15) is 13.2 Å². The fraction of sp³-hybridized carbons (Fsp3) is 0.556. The molecule has 3 rings (SSSR count). The molecule has 0 radical (unpaired) electrons. The van der Waals surface area contributed by atoms with Crippen LogP contribution in [-0.4, -0.2) is 61.3 Å². The van der Waals surface area contributed by atoms with Crippen molar-refractivity contribution in [1.82, 2.24) is 20.5 Å². The Morgan fingerprint density at radius 1 is 1.38 bits per heavy atom. The van der Waals surface area contributed by atoms with Gasteiger partial charge < -0.3 is 10.6 Å². The molecule has 1 fully saturated rings. The van der Waals surface area contributed by atoms with E-state index in [1.165, 1.54) is 9.78 Å². The van der Waals surface area contributed by atoms with Gasteiger partial charge in [-0.15, -0.1) is 46.7 Å². The molecule has 5 nitrogen and oxygen atoms in total. The number of halogens is 4. The molecular formula is C18H25F3IN5S2. The molecule has 1 saturated heterocycles. The number of aliphatic imine (C=N–C) groups is 1. The van der Waals surface area contributed by atoms with E-state index in [-0.39, 0.29) is 30.0 Å². The van der Waals surface area contributed by atoms with E-state index in [1.54, 1.807) is 29.7 Å². The summed E-state index contributed by atoms with van der Waals surface area (Å²) in [5.41, 5.74) is 1.02. The third-order valence-electron chi connectivity index (χ3n) is 4.44. The third-order valence-corrected chi connectivity index (χ3v) is 6.38. The van der Waals surface area contributed by atoms with Crippen molar-refractivity contribution in [3.63, 3.8) is 0 Å². The summed E-state index contributed by atoms with van der Waals surface area (Å²) in [5, 5.41) is 9.60. The predicted octanol–water partition coefficient (Wildman–Crippen LogP) is 4.14. The van der Waals surface area contributed by atoms with Crippen molar-refractivity contribution in [2.45, 2.75) is 32.0 Å². The molecule has 2 N–H and O–H groups in total. The Kier molecular flexibility index (Phi) is 9.16. The van der Waals surface area contributed by atoms with Gasteiger partial charge in [-0.1, -0.05) is 0 Å². The second-order valence-electron chi connectivity index (χ2n) is 6.75. The molecule has 0 spiro atoms. The van der Waals surface area contributed by atoms with Gasteiger partial charge in [0.2, 0.25) is 0 Å². The zero-order chi connectivity index (χ0) is 20.1. The highest BCUT2D eigenvalue weighted by atomic mass is 127. The number of likely N-dealkylation sites (tertiary alicyclic amines) is 1. The first-order valence-corrected chi connectivity index (χ1v) is 10.8. The van der Waals surface area contributed by atoms with Crippen LogP contribution in [0, 0.1) is 6.92 Å². The number of thiophene rings is 1. The Hall–Kier alpha value is -0.920. The first-order valence-electron chi connectivity index (χ1n) is 9.10. The summed E-state index contributed by atoms with van der Waals surface area (Å²) < 4.78 is 37.5. The first kappa shape index (κ1) is 24.4. The van der Waals surface area contributed by atoms with Crippen LogP contribution in [0.3, 0.4) is 0 Å². The van der Waals surface area contributed by atoms with E-state index < -0.39 is 12.7 Å². The Balaban J connectivity index is 0.00000300. The largest absolute Gasteiger partial charge is 0.401 e. The zero-order valence-electron chi connectivity index (χ0n) is 16.3. The second kappa shape index (κ2) is 10.9. The number of hydrogen-bond acceptors (Lipinski definition) is 5. The van der Waals surface area contributed by atoms with Gasteiger partial charge in [-0.05, 0) is 31.9 Å². The van der Waals surface area contributed by atoms with Crippen LogP contribution in [0.2, 0.25) is 0 Å². The zero-order valence-corrected chi connectivity index (χ0v) is 20.2. The number of aryl methyl sites for hydroxylation is 1. The summed E-state index contributed by atoms with van der Waals surface area (Å²) in [6.07, 6.45) is -2.62. The fourth-order valence-corrected chi connectivity index (χ4v) is 4.82. The van der Waals surface area contributed by atoms with Crippen molar-refractivity contribution < 1.29 is 13.2 Å². The normalized spacial score (nSPS) is 18.0. The van der Waals surface area contributed by atoms with Gasteiger partial charge in [0.05, 0.1) is 22.1 Å². The molecule has 0 aromatic carbocycles. The lowest BCUT2D eigenvalue weighted by Crippen LogP contribution is -2.45. The number of guanidine groups is 1. The predicted molar refractivity (Wildman–Crippen MR) is 125 cm³/mol. The lowest BCUT2D eigenvalue weighted by atomic mass is 10.3. The number of thiazole rings is 1. The lowest BCUT2D eigenvalue weighted by molar-refractivity contribution is -0.143. The summed E-state index contributed by atoms with van der Waals surface area (Å²) in [6.45, 7) is 2.67. The monoisotopic (exact) mass is 559 g/mol. The standard InChI is InChI=1S/C18H24F3N5S2.HI/c1-12-24-15(10-27-12)16-4-3-14(28-16)5-7-23-17(22-2)25-13-6-8-26(9-13)11-18(19,20)21;/h3-4,10,13H,5-9,11H2,1-2H3,(H2,22,23,25);1H. The molecule has 2 aromatic rings. The topological polar surface area (TPSA) is 52.6 Å². The molecule has 0 bridgehead atoms. The third kappa shape index (κ3) is 7.68. The maximum absolute atomic E-state index is 12.5. The molecule has 3 heterocycles. The molecule has 0 saturated carbocycles. The van der Waals surface area contributed by atoms with E-state index in [9.17, 15) is 13.2 Å². The minimum atomic E-state index is -4.15. The minimum absolute atomic E-state index is 0. The molecule has 0 amide bonds. The number of nitrogens with one attached hydrogen (secondary N) is 2. The molecule has 1 aliphatic heterocycles. The van der Waals surface area contributed by atoms with Gasteiger partial charge >= 0.3 is 6.18 Å². The van der Waals surface area contributed by atoms with Crippen molar-refractivity contribution in [3.05, 3.63) is 27.4 Å². The van der Waals surface area contributed by atoms with Gasteiger partial charge in [0.15, 0.2) is 5.96 Å². The molecule has 29 heavy (non-hydrogen) atoms. The van der Waals surface area contributed by atoms with Crippen LogP contribution < -0.4 is 10.6 Å². The molecule has 0 aliphatic carbocycles. The van der Waals surface area contributed by atoms with E-state index in [0.717, 1.165) is 22.0 Å². The second-order valence-corrected chi connectivity index (χ2v) is 8.98. The van der Waals surface area contributed by atoms with Crippen LogP contribution in [0.4, 0.5) is 13.2 Å². The maximum atomic E-state index is 12.5.